The third-order valence-electron chi connectivity index (χ3n) is 4.46. The predicted octanol–water partition coefficient (Wildman–Crippen LogP) is 0.400. The number of amides is 1. The molecular weight excluding hydrogens is 308 g/mol. The lowest BCUT2D eigenvalue weighted by Gasteiger charge is -2.21. The first-order valence-corrected chi connectivity index (χ1v) is 8.25. The molecular formula is C16H20N6O2. The number of aromatic amines is 1. The molecule has 0 spiro atoms. The Balaban J connectivity index is 1.46. The summed E-state index contributed by atoms with van der Waals surface area (Å²) in [6.45, 7) is 1.77. The van der Waals surface area contributed by atoms with Crippen molar-refractivity contribution in [3.05, 3.63) is 35.9 Å². The van der Waals surface area contributed by atoms with E-state index in [0.29, 0.717) is 37.2 Å². The van der Waals surface area contributed by atoms with Crippen LogP contribution in [-0.4, -0.2) is 68.4 Å². The molecule has 1 saturated carbocycles. The molecule has 1 amide bonds. The van der Waals surface area contributed by atoms with Gasteiger partial charge in [-0.15, -0.1) is 0 Å². The fraction of sp³-hybridized carbons (Fsp3) is 0.500. The van der Waals surface area contributed by atoms with E-state index in [1.807, 2.05) is 11.0 Å². The van der Waals surface area contributed by atoms with Gasteiger partial charge in [-0.3, -0.25) is 9.89 Å². The van der Waals surface area contributed by atoms with Crippen LogP contribution in [0.4, 0.5) is 5.95 Å². The third-order valence-corrected chi connectivity index (χ3v) is 4.46. The maximum absolute atomic E-state index is 12.7. The van der Waals surface area contributed by atoms with Crippen molar-refractivity contribution in [2.75, 3.05) is 31.1 Å². The maximum atomic E-state index is 12.7. The van der Waals surface area contributed by atoms with Gasteiger partial charge in [0, 0.05) is 50.2 Å². The highest BCUT2D eigenvalue weighted by Gasteiger charge is 2.30. The molecule has 126 valence electrons. The fourth-order valence-electron chi connectivity index (χ4n) is 3.02. The second-order valence-electron chi connectivity index (χ2n) is 6.38. The zero-order valence-electron chi connectivity index (χ0n) is 13.3. The van der Waals surface area contributed by atoms with Gasteiger partial charge in [-0.25, -0.2) is 9.97 Å². The first-order chi connectivity index (χ1) is 11.7. The molecule has 1 aliphatic heterocycles. The smallest absolute Gasteiger partial charge is 0.274 e. The highest BCUT2D eigenvalue weighted by Crippen LogP contribution is 2.39. The molecule has 4 rings (SSSR count). The molecule has 1 aliphatic carbocycles. The molecule has 1 saturated heterocycles. The molecule has 0 radical (unpaired) electrons. The molecule has 0 bridgehead atoms. The van der Waals surface area contributed by atoms with E-state index < -0.39 is 6.10 Å². The van der Waals surface area contributed by atoms with Crippen molar-refractivity contribution in [2.24, 2.45) is 0 Å². The van der Waals surface area contributed by atoms with E-state index in [9.17, 15) is 9.90 Å². The lowest BCUT2D eigenvalue weighted by Crippen LogP contribution is -2.37. The number of anilines is 1. The lowest BCUT2D eigenvalue weighted by atomic mass is 10.2. The van der Waals surface area contributed by atoms with Gasteiger partial charge in [0.05, 0.1) is 6.10 Å². The topological polar surface area (TPSA) is 98.2 Å². The summed E-state index contributed by atoms with van der Waals surface area (Å²) >= 11 is 0. The van der Waals surface area contributed by atoms with E-state index in [0.717, 1.165) is 18.5 Å². The summed E-state index contributed by atoms with van der Waals surface area (Å²) in [6.07, 6.45) is 5.01. The van der Waals surface area contributed by atoms with Gasteiger partial charge in [0.2, 0.25) is 5.95 Å². The third kappa shape index (κ3) is 3.09. The van der Waals surface area contributed by atoms with Crippen molar-refractivity contribution in [1.82, 2.24) is 25.1 Å². The standard InChI is InChI=1S/C16H20N6O2/c23-12-9-21(6-7-22(10-12)16-17-4-1-5-18-16)15(24)14-8-13(19-20-14)11-2-3-11/h1,4-5,8,11-12,23H,2-3,6-7,9-10H2,(H,19,20)/t12-/m0/s1. The minimum absolute atomic E-state index is 0.145. The molecule has 1 atom stereocenters. The van der Waals surface area contributed by atoms with E-state index >= 15 is 0 Å². The highest BCUT2D eigenvalue weighted by molar-refractivity contribution is 5.92. The fourth-order valence-corrected chi connectivity index (χ4v) is 3.02. The van der Waals surface area contributed by atoms with Crippen molar-refractivity contribution in [3.8, 4) is 0 Å². The summed E-state index contributed by atoms with van der Waals surface area (Å²) in [6, 6.07) is 3.60. The zero-order chi connectivity index (χ0) is 16.5. The molecule has 0 unspecified atom stereocenters. The minimum atomic E-state index is -0.651. The number of carbonyl (C=O) groups is 1. The Bertz CT molecular complexity index is 714. The van der Waals surface area contributed by atoms with Crippen molar-refractivity contribution >= 4 is 11.9 Å². The van der Waals surface area contributed by atoms with Crippen molar-refractivity contribution in [2.45, 2.75) is 24.9 Å². The summed E-state index contributed by atoms with van der Waals surface area (Å²) in [5.74, 6) is 0.953. The lowest BCUT2D eigenvalue weighted by molar-refractivity contribution is 0.0668. The van der Waals surface area contributed by atoms with Crippen LogP contribution >= 0.6 is 0 Å². The summed E-state index contributed by atoms with van der Waals surface area (Å²) in [5, 5.41) is 17.4. The Morgan fingerprint density at radius 1 is 1.21 bits per heavy atom. The molecule has 2 N–H and O–H groups in total. The molecule has 8 nitrogen and oxygen atoms in total. The number of aliphatic hydroxyl groups excluding tert-OH is 1. The zero-order valence-corrected chi connectivity index (χ0v) is 13.3. The van der Waals surface area contributed by atoms with Crippen LogP contribution in [0.15, 0.2) is 24.5 Å². The summed E-state index contributed by atoms with van der Waals surface area (Å²) < 4.78 is 0. The minimum Gasteiger partial charge on any atom is -0.389 e. The van der Waals surface area contributed by atoms with E-state index in [2.05, 4.69) is 20.2 Å². The van der Waals surface area contributed by atoms with Gasteiger partial charge in [-0.2, -0.15) is 5.10 Å². The van der Waals surface area contributed by atoms with Crippen LogP contribution in [0.2, 0.25) is 0 Å². The van der Waals surface area contributed by atoms with Crippen LogP contribution in [0, 0.1) is 0 Å². The van der Waals surface area contributed by atoms with Crippen molar-refractivity contribution in [1.29, 1.82) is 0 Å². The molecule has 0 aromatic carbocycles. The monoisotopic (exact) mass is 328 g/mol. The van der Waals surface area contributed by atoms with E-state index in [1.54, 1.807) is 23.4 Å². The molecule has 8 heteroatoms. The van der Waals surface area contributed by atoms with Crippen molar-refractivity contribution < 1.29 is 9.90 Å². The number of aromatic nitrogens is 4. The van der Waals surface area contributed by atoms with Crippen LogP contribution in [0.25, 0.3) is 0 Å². The van der Waals surface area contributed by atoms with Crippen LogP contribution in [0.3, 0.4) is 0 Å². The van der Waals surface area contributed by atoms with Gasteiger partial charge in [0.25, 0.3) is 5.91 Å². The van der Waals surface area contributed by atoms with Gasteiger partial charge in [0.15, 0.2) is 0 Å². The normalized spacial score (nSPS) is 21.6. The number of aliphatic hydroxyl groups is 1. The maximum Gasteiger partial charge on any atom is 0.274 e. The average Bonchev–Trinajstić information content (AvgIpc) is 3.37. The average molecular weight is 328 g/mol. The molecule has 2 aromatic rings. The van der Waals surface area contributed by atoms with Crippen LogP contribution < -0.4 is 4.90 Å². The second-order valence-corrected chi connectivity index (χ2v) is 6.38. The second kappa shape index (κ2) is 6.20. The van der Waals surface area contributed by atoms with Gasteiger partial charge >= 0.3 is 0 Å². The van der Waals surface area contributed by atoms with E-state index in [1.165, 1.54) is 0 Å². The molecule has 24 heavy (non-hydrogen) atoms. The SMILES string of the molecule is O=C(c1cc(C2CC2)[nH]n1)N1CCN(c2ncccn2)C[C@@H](O)C1. The molecule has 3 heterocycles. The van der Waals surface area contributed by atoms with Gasteiger partial charge in [-0.1, -0.05) is 0 Å². The van der Waals surface area contributed by atoms with Crippen LogP contribution in [0.5, 0.6) is 0 Å². The Morgan fingerprint density at radius 3 is 2.75 bits per heavy atom. The molecule has 2 aromatic heterocycles. The molecule has 2 fully saturated rings. The Kier molecular flexibility index (Phi) is 3.89. The summed E-state index contributed by atoms with van der Waals surface area (Å²) in [5.41, 5.74) is 1.46. The Hall–Kier alpha value is -2.48. The van der Waals surface area contributed by atoms with Crippen LogP contribution in [0.1, 0.15) is 34.9 Å². The number of carbonyl (C=O) groups excluding carboxylic acids is 1. The number of hydrogen-bond acceptors (Lipinski definition) is 6. The number of β-amino-alcohol motifs (C(OH)–C–C–N with tert-alkyl or cyclic N) is 1. The summed E-state index contributed by atoms with van der Waals surface area (Å²) in [4.78, 5) is 24.7. The highest BCUT2D eigenvalue weighted by atomic mass is 16.3. The summed E-state index contributed by atoms with van der Waals surface area (Å²) in [7, 11) is 0. The van der Waals surface area contributed by atoms with Crippen LogP contribution in [-0.2, 0) is 0 Å². The van der Waals surface area contributed by atoms with E-state index in [4.69, 9.17) is 0 Å². The number of nitrogens with zero attached hydrogens (tertiary/aromatic N) is 5. The van der Waals surface area contributed by atoms with Gasteiger partial charge < -0.3 is 14.9 Å². The van der Waals surface area contributed by atoms with Gasteiger partial charge in [-0.05, 0) is 25.0 Å². The number of hydrogen-bond donors (Lipinski definition) is 2. The van der Waals surface area contributed by atoms with Crippen molar-refractivity contribution in [3.63, 3.8) is 0 Å². The van der Waals surface area contributed by atoms with E-state index in [-0.39, 0.29) is 12.5 Å². The predicted molar refractivity (Wildman–Crippen MR) is 86.7 cm³/mol. The largest absolute Gasteiger partial charge is 0.389 e. The Labute approximate surface area is 139 Å². The quantitative estimate of drug-likeness (QED) is 0.846. The number of nitrogens with one attached hydrogen (secondary N) is 1. The molecule has 2 aliphatic rings. The number of H-pyrrole nitrogens is 1. The first-order valence-electron chi connectivity index (χ1n) is 8.25. The number of rotatable bonds is 3. The Morgan fingerprint density at radius 2 is 2.00 bits per heavy atom. The van der Waals surface area contributed by atoms with Gasteiger partial charge in [0.1, 0.15) is 5.69 Å². The first kappa shape index (κ1) is 15.1.